The van der Waals surface area contributed by atoms with E-state index in [0.717, 1.165) is 23.1 Å². The number of methoxy groups -OCH3 is 1. The van der Waals surface area contributed by atoms with Crippen molar-refractivity contribution in [2.45, 2.75) is 12.8 Å². The van der Waals surface area contributed by atoms with E-state index in [2.05, 4.69) is 11.1 Å². The summed E-state index contributed by atoms with van der Waals surface area (Å²) in [6.45, 7) is 0. The monoisotopic (exact) mass is 363 g/mol. The van der Waals surface area contributed by atoms with Gasteiger partial charge in [0.25, 0.3) is 5.56 Å². The molecule has 0 atom stereocenters. The lowest BCUT2D eigenvalue weighted by Crippen LogP contribution is -2.21. The first-order chi connectivity index (χ1) is 13.0. The van der Waals surface area contributed by atoms with Crippen LogP contribution >= 0.6 is 0 Å². The number of esters is 1. The molecule has 0 aliphatic carbocycles. The van der Waals surface area contributed by atoms with Crippen LogP contribution in [0, 0.1) is 0 Å². The highest BCUT2D eigenvalue weighted by Gasteiger charge is 2.07. The molecule has 0 amide bonds. The molecule has 1 aromatic heterocycles. The number of aryl methyl sites for hydroxylation is 2. The zero-order chi connectivity index (χ0) is 19.4. The van der Waals surface area contributed by atoms with E-state index >= 15 is 0 Å². The molecule has 0 unspecified atom stereocenters. The number of nitrogen functional groups attached to an aromatic ring is 1. The second kappa shape index (κ2) is 7.86. The van der Waals surface area contributed by atoms with Gasteiger partial charge in [0.1, 0.15) is 0 Å². The third-order valence-electron chi connectivity index (χ3n) is 4.46. The van der Waals surface area contributed by atoms with Gasteiger partial charge in [-0.25, -0.2) is 9.78 Å². The van der Waals surface area contributed by atoms with E-state index in [4.69, 9.17) is 10.5 Å². The number of nitrogens with two attached hydrogens (primary N) is 1. The molecule has 138 valence electrons. The normalized spacial score (nSPS) is 10.6. The molecule has 0 aliphatic heterocycles. The summed E-state index contributed by atoms with van der Waals surface area (Å²) in [4.78, 5) is 27.6. The molecule has 0 saturated heterocycles. The van der Waals surface area contributed by atoms with Crippen molar-refractivity contribution in [3.05, 3.63) is 81.8 Å². The third kappa shape index (κ3) is 4.23. The molecule has 6 heteroatoms. The van der Waals surface area contributed by atoms with Crippen molar-refractivity contribution in [3.8, 4) is 11.1 Å². The Morgan fingerprint density at radius 3 is 2.48 bits per heavy atom. The lowest BCUT2D eigenvalue weighted by molar-refractivity contribution is 0.0601. The van der Waals surface area contributed by atoms with Crippen molar-refractivity contribution in [2.24, 2.45) is 7.05 Å². The van der Waals surface area contributed by atoms with Gasteiger partial charge in [0, 0.05) is 13.1 Å². The summed E-state index contributed by atoms with van der Waals surface area (Å²) in [5.41, 5.74) is 10.0. The van der Waals surface area contributed by atoms with Crippen molar-refractivity contribution < 1.29 is 9.53 Å². The molecule has 0 radical (unpaired) electrons. The summed E-state index contributed by atoms with van der Waals surface area (Å²) in [7, 11) is 2.97. The molecule has 2 aromatic carbocycles. The number of hydrogen-bond acceptors (Lipinski definition) is 5. The Balaban J connectivity index is 1.76. The van der Waals surface area contributed by atoms with Crippen molar-refractivity contribution in [1.82, 2.24) is 9.55 Å². The zero-order valence-electron chi connectivity index (χ0n) is 15.3. The molecule has 0 fully saturated rings. The number of hydrogen-bond donors (Lipinski definition) is 1. The van der Waals surface area contributed by atoms with Crippen LogP contribution in [-0.4, -0.2) is 22.6 Å². The van der Waals surface area contributed by atoms with Crippen LogP contribution in [-0.2, 0) is 24.6 Å². The topological polar surface area (TPSA) is 87.2 Å². The summed E-state index contributed by atoms with van der Waals surface area (Å²) >= 11 is 0. The highest BCUT2D eigenvalue weighted by Crippen LogP contribution is 2.22. The Hall–Kier alpha value is -3.41. The van der Waals surface area contributed by atoms with Gasteiger partial charge >= 0.3 is 5.97 Å². The van der Waals surface area contributed by atoms with Crippen LogP contribution in [0.5, 0.6) is 0 Å². The van der Waals surface area contributed by atoms with Gasteiger partial charge < -0.3 is 10.5 Å². The molecule has 1 heterocycles. The molecule has 0 saturated carbocycles. The maximum atomic E-state index is 11.8. The summed E-state index contributed by atoms with van der Waals surface area (Å²) in [5.74, 6) is -0.131. The van der Waals surface area contributed by atoms with E-state index in [1.54, 1.807) is 19.2 Å². The quantitative estimate of drug-likeness (QED) is 0.704. The lowest BCUT2D eigenvalue weighted by atomic mass is 9.99. The Bertz CT molecular complexity index is 1020. The van der Waals surface area contributed by atoms with Crippen molar-refractivity contribution in [2.75, 3.05) is 12.8 Å². The SMILES string of the molecule is COC(=O)c1ccc(-c2cccc(CCc3cc(=O)n(C)c(N)n3)c2)cc1. The number of ether oxygens (including phenoxy) is 1. The highest BCUT2D eigenvalue weighted by atomic mass is 16.5. The van der Waals surface area contributed by atoms with Crippen molar-refractivity contribution in [3.63, 3.8) is 0 Å². The predicted octanol–water partition coefficient (Wildman–Crippen LogP) is 2.60. The first kappa shape index (κ1) is 18.4. The number of rotatable bonds is 5. The number of nitrogens with zero attached hydrogens (tertiary/aromatic N) is 2. The molecule has 0 bridgehead atoms. The molecule has 27 heavy (non-hydrogen) atoms. The van der Waals surface area contributed by atoms with E-state index < -0.39 is 0 Å². The average molecular weight is 363 g/mol. The van der Waals surface area contributed by atoms with Crippen molar-refractivity contribution >= 4 is 11.9 Å². The van der Waals surface area contributed by atoms with Gasteiger partial charge in [-0.3, -0.25) is 9.36 Å². The van der Waals surface area contributed by atoms with Gasteiger partial charge in [0.15, 0.2) is 0 Å². The highest BCUT2D eigenvalue weighted by molar-refractivity contribution is 5.89. The fourth-order valence-corrected chi connectivity index (χ4v) is 2.83. The minimum absolute atomic E-state index is 0.156. The Kier molecular flexibility index (Phi) is 5.35. The second-order valence-electron chi connectivity index (χ2n) is 6.27. The van der Waals surface area contributed by atoms with E-state index in [-0.39, 0.29) is 17.5 Å². The Morgan fingerprint density at radius 2 is 1.81 bits per heavy atom. The van der Waals surface area contributed by atoms with E-state index in [9.17, 15) is 9.59 Å². The van der Waals surface area contributed by atoms with Crippen LogP contribution in [0.2, 0.25) is 0 Å². The Morgan fingerprint density at radius 1 is 1.07 bits per heavy atom. The fourth-order valence-electron chi connectivity index (χ4n) is 2.83. The molecule has 0 spiro atoms. The smallest absolute Gasteiger partial charge is 0.337 e. The largest absolute Gasteiger partial charge is 0.465 e. The predicted molar refractivity (Wildman–Crippen MR) is 105 cm³/mol. The molecule has 6 nitrogen and oxygen atoms in total. The van der Waals surface area contributed by atoms with E-state index in [0.29, 0.717) is 17.7 Å². The van der Waals surface area contributed by atoms with Crippen LogP contribution in [0.15, 0.2) is 59.4 Å². The molecule has 3 aromatic rings. The molecule has 3 rings (SSSR count). The molecular weight excluding hydrogens is 342 g/mol. The summed E-state index contributed by atoms with van der Waals surface area (Å²) in [6.07, 6.45) is 1.37. The fraction of sp³-hybridized carbons (Fsp3) is 0.190. The number of aromatic nitrogens is 2. The molecule has 0 aliphatic rings. The van der Waals surface area contributed by atoms with Crippen LogP contribution in [0.25, 0.3) is 11.1 Å². The van der Waals surface area contributed by atoms with Crippen molar-refractivity contribution in [1.29, 1.82) is 0 Å². The number of carbonyl (C=O) groups is 1. The second-order valence-corrected chi connectivity index (χ2v) is 6.27. The number of anilines is 1. The number of benzene rings is 2. The van der Waals surface area contributed by atoms with Gasteiger partial charge in [0.05, 0.1) is 18.4 Å². The Labute approximate surface area is 157 Å². The van der Waals surface area contributed by atoms with Gasteiger partial charge in [-0.05, 0) is 41.7 Å². The minimum Gasteiger partial charge on any atom is -0.465 e. The van der Waals surface area contributed by atoms with Gasteiger partial charge in [0.2, 0.25) is 5.95 Å². The molecular formula is C21H21N3O3. The third-order valence-corrected chi connectivity index (χ3v) is 4.46. The van der Waals surface area contributed by atoms with Gasteiger partial charge in [-0.1, -0.05) is 36.4 Å². The number of carbonyl (C=O) groups excluding carboxylic acids is 1. The maximum absolute atomic E-state index is 11.8. The van der Waals surface area contributed by atoms with Crippen LogP contribution in [0.1, 0.15) is 21.6 Å². The van der Waals surface area contributed by atoms with Crippen LogP contribution in [0.4, 0.5) is 5.95 Å². The van der Waals surface area contributed by atoms with Gasteiger partial charge in [-0.2, -0.15) is 0 Å². The summed E-state index contributed by atoms with van der Waals surface area (Å²) in [5, 5.41) is 0. The first-order valence-corrected chi connectivity index (χ1v) is 8.58. The lowest BCUT2D eigenvalue weighted by Gasteiger charge is -2.08. The van der Waals surface area contributed by atoms with Crippen LogP contribution < -0.4 is 11.3 Å². The first-order valence-electron chi connectivity index (χ1n) is 8.58. The summed E-state index contributed by atoms with van der Waals surface area (Å²) in [6, 6.07) is 17.0. The van der Waals surface area contributed by atoms with Crippen LogP contribution in [0.3, 0.4) is 0 Å². The molecule has 2 N–H and O–H groups in total. The zero-order valence-corrected chi connectivity index (χ0v) is 15.3. The maximum Gasteiger partial charge on any atom is 0.337 e. The minimum atomic E-state index is -0.351. The van der Waals surface area contributed by atoms with E-state index in [1.165, 1.54) is 17.7 Å². The van der Waals surface area contributed by atoms with E-state index in [1.807, 2.05) is 30.3 Å². The average Bonchev–Trinajstić information content (AvgIpc) is 2.70. The summed E-state index contributed by atoms with van der Waals surface area (Å²) < 4.78 is 6.04. The standard InChI is InChI=1S/C21H21N3O3/c1-24-19(25)13-18(23-21(24)22)11-6-14-4-3-5-17(12-14)15-7-9-16(10-8-15)20(26)27-2/h3-5,7-10,12-13H,6,11H2,1-2H3,(H2,22,23). The van der Waals surface area contributed by atoms with Gasteiger partial charge in [-0.15, -0.1) is 0 Å².